The molecule has 0 bridgehead atoms. The number of benzene rings is 1. The van der Waals surface area contributed by atoms with E-state index in [9.17, 15) is 14.0 Å². The third-order valence-corrected chi connectivity index (χ3v) is 5.20. The molecule has 23 heavy (non-hydrogen) atoms. The molecule has 2 heterocycles. The average molecular weight is 318 g/mol. The van der Waals surface area contributed by atoms with Gasteiger partial charge in [0.15, 0.2) is 0 Å². The molecule has 1 aromatic rings. The Bertz CT molecular complexity index is 602. The second kappa shape index (κ2) is 6.30. The molecule has 1 aromatic carbocycles. The van der Waals surface area contributed by atoms with Crippen molar-refractivity contribution < 1.29 is 14.0 Å². The van der Waals surface area contributed by atoms with Crippen molar-refractivity contribution in [3.63, 3.8) is 0 Å². The van der Waals surface area contributed by atoms with Crippen molar-refractivity contribution in [2.45, 2.75) is 32.1 Å². The standard InChI is InChI=1S/C18H23FN2O2/c1-20-11-2-9-18(17(20)23)10-12-21(13-18)16(22)8-5-14-3-6-15(19)7-4-14/h3-4,6-7H,2,5,8-13H2,1H3/t18-/m0/s1. The number of carbonyl (C=O) groups is 2. The van der Waals surface area contributed by atoms with Gasteiger partial charge in [-0.2, -0.15) is 0 Å². The predicted octanol–water partition coefficient (Wildman–Crippen LogP) is 2.23. The summed E-state index contributed by atoms with van der Waals surface area (Å²) in [5, 5.41) is 0. The fourth-order valence-corrected chi connectivity index (χ4v) is 3.79. The zero-order valence-corrected chi connectivity index (χ0v) is 13.6. The minimum absolute atomic E-state index is 0.0900. The predicted molar refractivity (Wildman–Crippen MR) is 85.2 cm³/mol. The van der Waals surface area contributed by atoms with Gasteiger partial charge >= 0.3 is 0 Å². The van der Waals surface area contributed by atoms with Crippen molar-refractivity contribution in [3.05, 3.63) is 35.6 Å². The van der Waals surface area contributed by atoms with Crippen molar-refractivity contribution in [2.24, 2.45) is 5.41 Å². The molecule has 2 aliphatic heterocycles. The van der Waals surface area contributed by atoms with E-state index in [1.54, 1.807) is 17.0 Å². The first-order valence-electron chi connectivity index (χ1n) is 8.28. The number of piperidine rings is 1. The SMILES string of the molecule is CN1CCC[C@@]2(CCN(C(=O)CCc3ccc(F)cc3)C2)C1=O. The summed E-state index contributed by atoms with van der Waals surface area (Å²) in [5.41, 5.74) is 0.612. The molecule has 1 atom stereocenters. The molecule has 3 rings (SSSR count). The van der Waals surface area contributed by atoms with Crippen molar-refractivity contribution >= 4 is 11.8 Å². The van der Waals surface area contributed by atoms with E-state index in [1.807, 2.05) is 11.9 Å². The fourth-order valence-electron chi connectivity index (χ4n) is 3.79. The van der Waals surface area contributed by atoms with Crippen molar-refractivity contribution in [3.8, 4) is 0 Å². The quantitative estimate of drug-likeness (QED) is 0.857. The van der Waals surface area contributed by atoms with Gasteiger partial charge in [0.2, 0.25) is 11.8 Å². The molecule has 124 valence electrons. The van der Waals surface area contributed by atoms with Crippen LogP contribution >= 0.6 is 0 Å². The fraction of sp³-hybridized carbons (Fsp3) is 0.556. The van der Waals surface area contributed by atoms with Gasteiger partial charge in [0.05, 0.1) is 5.41 Å². The highest BCUT2D eigenvalue weighted by atomic mass is 19.1. The zero-order valence-electron chi connectivity index (χ0n) is 13.6. The van der Waals surface area contributed by atoms with Crippen LogP contribution in [0.25, 0.3) is 0 Å². The van der Waals surface area contributed by atoms with E-state index >= 15 is 0 Å². The van der Waals surface area contributed by atoms with E-state index in [0.29, 0.717) is 25.9 Å². The molecule has 0 saturated carbocycles. The number of likely N-dealkylation sites (tertiary alicyclic amines) is 2. The molecule has 0 aromatic heterocycles. The van der Waals surface area contributed by atoms with Gasteiger partial charge in [0, 0.05) is 33.1 Å². The Morgan fingerprint density at radius 3 is 2.70 bits per heavy atom. The summed E-state index contributed by atoms with van der Waals surface area (Å²) in [6.07, 6.45) is 3.69. The van der Waals surface area contributed by atoms with Crippen LogP contribution in [0.3, 0.4) is 0 Å². The number of hydrogen-bond acceptors (Lipinski definition) is 2. The molecule has 5 heteroatoms. The third-order valence-electron chi connectivity index (χ3n) is 5.20. The first-order chi connectivity index (χ1) is 11.0. The summed E-state index contributed by atoms with van der Waals surface area (Å²) in [6.45, 7) is 2.04. The second-order valence-electron chi connectivity index (χ2n) is 6.80. The minimum atomic E-state index is -0.349. The number of halogens is 1. The maximum atomic E-state index is 12.9. The molecule has 2 fully saturated rings. The van der Waals surface area contributed by atoms with Crippen LogP contribution in [0.5, 0.6) is 0 Å². The van der Waals surface area contributed by atoms with E-state index in [0.717, 1.165) is 31.4 Å². The summed E-state index contributed by atoms with van der Waals surface area (Å²) in [5.74, 6) is 0.0197. The molecule has 1 spiro atoms. The van der Waals surface area contributed by atoms with E-state index in [1.165, 1.54) is 12.1 Å². The zero-order chi connectivity index (χ0) is 16.4. The Kier molecular flexibility index (Phi) is 4.37. The number of amides is 2. The normalized spacial score (nSPS) is 24.5. The van der Waals surface area contributed by atoms with Gasteiger partial charge in [-0.15, -0.1) is 0 Å². The van der Waals surface area contributed by atoms with Crippen LogP contribution in [0.2, 0.25) is 0 Å². The number of rotatable bonds is 3. The van der Waals surface area contributed by atoms with Crippen LogP contribution in [0.1, 0.15) is 31.2 Å². The van der Waals surface area contributed by atoms with Crippen LogP contribution in [0.15, 0.2) is 24.3 Å². The number of aryl methyl sites for hydroxylation is 1. The van der Waals surface area contributed by atoms with Crippen LogP contribution in [-0.2, 0) is 16.0 Å². The largest absolute Gasteiger partial charge is 0.345 e. The summed E-state index contributed by atoms with van der Waals surface area (Å²) in [6, 6.07) is 6.27. The molecule has 0 N–H and O–H groups in total. The highest BCUT2D eigenvalue weighted by Gasteiger charge is 2.48. The van der Waals surface area contributed by atoms with Crippen molar-refractivity contribution in [2.75, 3.05) is 26.7 Å². The number of hydrogen-bond donors (Lipinski definition) is 0. The van der Waals surface area contributed by atoms with E-state index in [2.05, 4.69) is 0 Å². The Labute approximate surface area is 136 Å². The van der Waals surface area contributed by atoms with Gasteiger partial charge < -0.3 is 9.80 Å². The van der Waals surface area contributed by atoms with Gasteiger partial charge in [0.1, 0.15) is 5.82 Å². The first-order valence-corrected chi connectivity index (χ1v) is 8.28. The van der Waals surface area contributed by atoms with Crippen LogP contribution < -0.4 is 0 Å². The maximum absolute atomic E-state index is 12.9. The molecular formula is C18H23FN2O2. The molecule has 0 radical (unpaired) electrons. The van der Waals surface area contributed by atoms with Crippen molar-refractivity contribution in [1.29, 1.82) is 0 Å². The number of carbonyl (C=O) groups excluding carboxylic acids is 2. The van der Waals surface area contributed by atoms with Crippen molar-refractivity contribution in [1.82, 2.24) is 9.80 Å². The molecule has 2 amide bonds. The van der Waals surface area contributed by atoms with E-state index in [-0.39, 0.29) is 23.0 Å². The Morgan fingerprint density at radius 2 is 1.96 bits per heavy atom. The first kappa shape index (κ1) is 16.0. The average Bonchev–Trinajstić information content (AvgIpc) is 2.97. The van der Waals surface area contributed by atoms with Gasteiger partial charge in [-0.05, 0) is 43.4 Å². The Morgan fingerprint density at radius 1 is 1.22 bits per heavy atom. The van der Waals surface area contributed by atoms with Crippen LogP contribution in [-0.4, -0.2) is 48.3 Å². The topological polar surface area (TPSA) is 40.6 Å². The molecule has 2 saturated heterocycles. The second-order valence-corrected chi connectivity index (χ2v) is 6.80. The monoisotopic (exact) mass is 318 g/mol. The molecule has 4 nitrogen and oxygen atoms in total. The van der Waals surface area contributed by atoms with E-state index < -0.39 is 0 Å². The highest BCUT2D eigenvalue weighted by molar-refractivity contribution is 5.86. The number of nitrogens with zero attached hydrogens (tertiary/aromatic N) is 2. The lowest BCUT2D eigenvalue weighted by atomic mass is 9.78. The van der Waals surface area contributed by atoms with Gasteiger partial charge in [-0.25, -0.2) is 4.39 Å². The van der Waals surface area contributed by atoms with Gasteiger partial charge in [0.25, 0.3) is 0 Å². The molecular weight excluding hydrogens is 295 g/mol. The summed E-state index contributed by atoms with van der Waals surface area (Å²) in [7, 11) is 1.85. The molecule has 2 aliphatic rings. The smallest absolute Gasteiger partial charge is 0.230 e. The summed E-state index contributed by atoms with van der Waals surface area (Å²) >= 11 is 0. The van der Waals surface area contributed by atoms with E-state index in [4.69, 9.17) is 0 Å². The Hall–Kier alpha value is -1.91. The van der Waals surface area contributed by atoms with Crippen LogP contribution in [0, 0.1) is 11.2 Å². The van der Waals surface area contributed by atoms with Gasteiger partial charge in [-0.1, -0.05) is 12.1 Å². The molecule has 0 unspecified atom stereocenters. The summed E-state index contributed by atoms with van der Waals surface area (Å²) in [4.78, 5) is 28.5. The highest BCUT2D eigenvalue weighted by Crippen LogP contribution is 2.39. The van der Waals surface area contributed by atoms with Crippen LogP contribution in [0.4, 0.5) is 4.39 Å². The lowest BCUT2D eigenvalue weighted by Gasteiger charge is -2.37. The Balaban J connectivity index is 1.57. The summed E-state index contributed by atoms with van der Waals surface area (Å²) < 4.78 is 12.9. The maximum Gasteiger partial charge on any atom is 0.230 e. The minimum Gasteiger partial charge on any atom is -0.345 e. The lowest BCUT2D eigenvalue weighted by Crippen LogP contribution is -2.48. The lowest BCUT2D eigenvalue weighted by molar-refractivity contribution is -0.144. The van der Waals surface area contributed by atoms with Gasteiger partial charge in [-0.3, -0.25) is 9.59 Å². The third kappa shape index (κ3) is 3.23. The molecule has 0 aliphatic carbocycles.